The van der Waals surface area contributed by atoms with E-state index in [2.05, 4.69) is 20.8 Å². The molecule has 2 aromatic rings. The summed E-state index contributed by atoms with van der Waals surface area (Å²) < 4.78 is 0. The molecule has 3 N–H and O–H groups in total. The Balaban J connectivity index is 1.63. The Morgan fingerprint density at radius 3 is 3.04 bits per heavy atom. The van der Waals surface area contributed by atoms with Crippen molar-refractivity contribution in [2.75, 3.05) is 11.9 Å². The van der Waals surface area contributed by atoms with Crippen LogP contribution >= 0.6 is 11.6 Å². The van der Waals surface area contributed by atoms with Crippen molar-refractivity contribution in [1.29, 1.82) is 0 Å². The molecule has 0 bridgehead atoms. The smallest absolute Gasteiger partial charge is 0.323 e. The van der Waals surface area contributed by atoms with Crippen molar-refractivity contribution in [2.24, 2.45) is 0 Å². The molecule has 0 unspecified atom stereocenters. The van der Waals surface area contributed by atoms with Gasteiger partial charge in [-0.15, -0.1) is 0 Å². The molecule has 4 rings (SSSR count). The zero-order valence-electron chi connectivity index (χ0n) is 14.3. The van der Waals surface area contributed by atoms with Gasteiger partial charge in [-0.1, -0.05) is 23.7 Å². The Morgan fingerprint density at radius 2 is 2.29 bits per heavy atom. The molecule has 0 aliphatic carbocycles. The SMILES string of the molecule is O=C(O)CN1Cc2ccc(-c3nc(NC4=CNOC=C4)ncc3Cl)cc2C1=O. The number of rotatable bonds is 5. The van der Waals surface area contributed by atoms with Crippen LogP contribution < -0.4 is 10.8 Å². The van der Waals surface area contributed by atoms with Gasteiger partial charge in [-0.25, -0.2) is 15.4 Å². The van der Waals surface area contributed by atoms with Crippen molar-refractivity contribution in [3.05, 3.63) is 64.8 Å². The molecule has 1 aromatic carbocycles. The molecule has 1 amide bonds. The molecule has 2 aliphatic rings. The van der Waals surface area contributed by atoms with Crippen LogP contribution in [0.15, 0.2) is 48.6 Å². The van der Waals surface area contributed by atoms with Gasteiger partial charge in [-0.2, -0.15) is 0 Å². The number of fused-ring (bicyclic) bond motifs is 1. The second kappa shape index (κ2) is 7.20. The molecule has 28 heavy (non-hydrogen) atoms. The van der Waals surface area contributed by atoms with Gasteiger partial charge in [0.25, 0.3) is 5.91 Å². The number of hydroxylamine groups is 1. The van der Waals surface area contributed by atoms with Crippen molar-refractivity contribution < 1.29 is 19.5 Å². The monoisotopic (exact) mass is 399 g/mol. The summed E-state index contributed by atoms with van der Waals surface area (Å²) in [5, 5.41) is 12.3. The summed E-state index contributed by atoms with van der Waals surface area (Å²) in [4.78, 5) is 38.1. The predicted octanol–water partition coefficient (Wildman–Crippen LogP) is 2.14. The van der Waals surface area contributed by atoms with Gasteiger partial charge in [-0.3, -0.25) is 9.59 Å². The third kappa shape index (κ3) is 3.47. The molecule has 9 nitrogen and oxygen atoms in total. The van der Waals surface area contributed by atoms with E-state index in [0.717, 1.165) is 5.56 Å². The lowest BCUT2D eigenvalue weighted by Crippen LogP contribution is -2.29. The van der Waals surface area contributed by atoms with E-state index in [-0.39, 0.29) is 19.0 Å². The first-order valence-electron chi connectivity index (χ1n) is 8.23. The van der Waals surface area contributed by atoms with Crippen molar-refractivity contribution in [2.45, 2.75) is 6.54 Å². The molecule has 142 valence electrons. The summed E-state index contributed by atoms with van der Waals surface area (Å²) in [6.07, 6.45) is 6.23. The van der Waals surface area contributed by atoms with Crippen LogP contribution in [0.25, 0.3) is 11.3 Å². The zero-order valence-corrected chi connectivity index (χ0v) is 15.1. The lowest BCUT2D eigenvalue weighted by atomic mass is 10.0. The second-order valence-electron chi connectivity index (χ2n) is 6.08. The van der Waals surface area contributed by atoms with E-state index in [9.17, 15) is 9.59 Å². The maximum Gasteiger partial charge on any atom is 0.323 e. The highest BCUT2D eigenvalue weighted by Crippen LogP contribution is 2.31. The van der Waals surface area contributed by atoms with Gasteiger partial charge in [0, 0.05) is 23.7 Å². The van der Waals surface area contributed by atoms with Crippen molar-refractivity contribution in [3.8, 4) is 11.3 Å². The van der Waals surface area contributed by atoms with E-state index >= 15 is 0 Å². The number of hydrogen-bond acceptors (Lipinski definition) is 7. The van der Waals surface area contributed by atoms with Crippen LogP contribution in [0, 0.1) is 0 Å². The minimum absolute atomic E-state index is 0.265. The molecular weight excluding hydrogens is 386 g/mol. The van der Waals surface area contributed by atoms with Crippen molar-refractivity contribution in [1.82, 2.24) is 20.3 Å². The van der Waals surface area contributed by atoms with Crippen LogP contribution in [-0.4, -0.2) is 38.4 Å². The van der Waals surface area contributed by atoms with Crippen LogP contribution in [0.4, 0.5) is 5.95 Å². The van der Waals surface area contributed by atoms with Gasteiger partial charge < -0.3 is 20.2 Å². The second-order valence-corrected chi connectivity index (χ2v) is 6.49. The molecule has 1 aromatic heterocycles. The molecule has 10 heteroatoms. The molecule has 2 aliphatic heterocycles. The molecule has 3 heterocycles. The molecule has 0 saturated carbocycles. The number of benzene rings is 1. The summed E-state index contributed by atoms with van der Waals surface area (Å²) in [6.45, 7) is -0.0772. The normalized spacial score (nSPS) is 14.8. The fraction of sp³-hybridized carbons (Fsp3) is 0.111. The van der Waals surface area contributed by atoms with Crippen LogP contribution in [0.1, 0.15) is 15.9 Å². The number of carboxylic acid groups (broad SMARTS) is 1. The summed E-state index contributed by atoms with van der Waals surface area (Å²) in [5.74, 6) is -1.06. The topological polar surface area (TPSA) is 117 Å². The molecular formula is C18H14ClN5O4. The molecule has 0 radical (unpaired) electrons. The van der Waals surface area contributed by atoms with Crippen molar-refractivity contribution >= 4 is 29.4 Å². The van der Waals surface area contributed by atoms with E-state index in [1.807, 2.05) is 0 Å². The summed E-state index contributed by atoms with van der Waals surface area (Å²) >= 11 is 6.27. The first-order chi connectivity index (χ1) is 13.5. The number of anilines is 1. The molecule has 0 atom stereocenters. The Kier molecular flexibility index (Phi) is 4.58. The number of carbonyl (C=O) groups excluding carboxylic acids is 1. The number of nitrogens with zero attached hydrogens (tertiary/aromatic N) is 3. The summed E-state index contributed by atoms with van der Waals surface area (Å²) in [5.41, 5.74) is 5.58. The van der Waals surface area contributed by atoms with Crippen molar-refractivity contribution in [3.63, 3.8) is 0 Å². The largest absolute Gasteiger partial charge is 0.480 e. The van der Waals surface area contributed by atoms with E-state index in [0.29, 0.717) is 33.5 Å². The highest BCUT2D eigenvalue weighted by atomic mass is 35.5. The van der Waals surface area contributed by atoms with E-state index in [1.54, 1.807) is 30.5 Å². The van der Waals surface area contributed by atoms with Gasteiger partial charge >= 0.3 is 5.97 Å². The minimum Gasteiger partial charge on any atom is -0.480 e. The average Bonchev–Trinajstić information content (AvgIpc) is 2.99. The maximum absolute atomic E-state index is 12.5. The van der Waals surface area contributed by atoms with E-state index < -0.39 is 5.97 Å². The minimum atomic E-state index is -1.05. The number of allylic oxidation sites excluding steroid dienone is 1. The summed E-state index contributed by atoms with van der Waals surface area (Å²) in [6, 6.07) is 5.25. The van der Waals surface area contributed by atoms with Crippen LogP contribution in [-0.2, 0) is 16.2 Å². The standard InChI is InChI=1S/C18H14ClN5O4/c19-14-7-20-18(22-12-3-4-28-21-6-12)23-16(14)10-1-2-11-8-24(9-15(25)26)17(27)13(11)5-10/h1-7,21H,8-9H2,(H,25,26)(H,20,22,23). The van der Waals surface area contributed by atoms with Crippen LogP contribution in [0.3, 0.4) is 0 Å². The highest BCUT2D eigenvalue weighted by Gasteiger charge is 2.29. The van der Waals surface area contributed by atoms with E-state index in [1.165, 1.54) is 17.4 Å². The lowest BCUT2D eigenvalue weighted by molar-refractivity contribution is -0.137. The lowest BCUT2D eigenvalue weighted by Gasteiger charge is -2.12. The average molecular weight is 400 g/mol. The number of carboxylic acids is 1. The quantitative estimate of drug-likeness (QED) is 0.700. The Morgan fingerprint density at radius 1 is 1.43 bits per heavy atom. The Hall–Kier alpha value is -3.59. The first kappa shape index (κ1) is 17.8. The Labute approximate surface area is 164 Å². The number of halogens is 1. The third-order valence-corrected chi connectivity index (χ3v) is 4.46. The number of hydrogen-bond donors (Lipinski definition) is 3. The van der Waals surface area contributed by atoms with Gasteiger partial charge in [0.05, 0.1) is 28.8 Å². The zero-order chi connectivity index (χ0) is 19.7. The fourth-order valence-corrected chi connectivity index (χ4v) is 3.13. The van der Waals surface area contributed by atoms with E-state index in [4.69, 9.17) is 21.5 Å². The molecule has 0 saturated heterocycles. The Bertz CT molecular complexity index is 1040. The van der Waals surface area contributed by atoms with Gasteiger partial charge in [0.2, 0.25) is 5.95 Å². The van der Waals surface area contributed by atoms with Gasteiger partial charge in [0.1, 0.15) is 12.8 Å². The number of aromatic nitrogens is 2. The number of nitrogens with one attached hydrogen (secondary N) is 2. The molecule has 0 fully saturated rings. The number of aliphatic carboxylic acids is 1. The van der Waals surface area contributed by atoms with Gasteiger partial charge in [-0.05, 0) is 11.6 Å². The third-order valence-electron chi connectivity index (χ3n) is 4.19. The van der Waals surface area contributed by atoms with Crippen LogP contribution in [0.5, 0.6) is 0 Å². The molecule has 0 spiro atoms. The highest BCUT2D eigenvalue weighted by molar-refractivity contribution is 6.33. The van der Waals surface area contributed by atoms with Gasteiger partial charge in [0.15, 0.2) is 0 Å². The maximum atomic E-state index is 12.5. The van der Waals surface area contributed by atoms with Crippen LogP contribution in [0.2, 0.25) is 5.02 Å². The number of amides is 1. The predicted molar refractivity (Wildman–Crippen MR) is 99.9 cm³/mol. The fourth-order valence-electron chi connectivity index (χ4n) is 2.93. The number of carbonyl (C=O) groups is 2. The summed E-state index contributed by atoms with van der Waals surface area (Å²) in [7, 11) is 0. The first-order valence-corrected chi connectivity index (χ1v) is 8.61.